The van der Waals surface area contributed by atoms with Gasteiger partial charge in [0.05, 0.1) is 12.2 Å². The molecular formula is C12H21OS. The first-order valence-electron chi connectivity index (χ1n) is 5.76. The lowest BCUT2D eigenvalue weighted by Crippen LogP contribution is -2.28. The molecule has 0 aromatic heterocycles. The maximum atomic E-state index is 6.08. The first kappa shape index (κ1) is 10.8. The van der Waals surface area contributed by atoms with E-state index >= 15 is 0 Å². The summed E-state index contributed by atoms with van der Waals surface area (Å²) in [7, 11) is 0. The average molecular weight is 213 g/mol. The first-order chi connectivity index (χ1) is 6.54. The van der Waals surface area contributed by atoms with Gasteiger partial charge in [-0.05, 0) is 30.1 Å². The number of hydrogen-bond acceptors (Lipinski definition) is 1. The van der Waals surface area contributed by atoms with Crippen molar-refractivity contribution in [3.05, 3.63) is 0 Å². The number of hydrogen-bond donors (Lipinski definition) is 0. The molecule has 2 aliphatic rings. The maximum absolute atomic E-state index is 6.08. The minimum absolute atomic E-state index is 0.198. The van der Waals surface area contributed by atoms with Crippen molar-refractivity contribution in [3.8, 4) is 0 Å². The van der Waals surface area contributed by atoms with Crippen LogP contribution in [0.4, 0.5) is 0 Å². The van der Waals surface area contributed by atoms with E-state index in [2.05, 4.69) is 20.8 Å². The first-order valence-corrected chi connectivity index (χ1v) is 6.34. The molecule has 0 bridgehead atoms. The Morgan fingerprint density at radius 1 is 1.36 bits per heavy atom. The van der Waals surface area contributed by atoms with Gasteiger partial charge in [-0.15, -0.1) is 0 Å². The normalized spacial score (nSPS) is 44.6. The maximum Gasteiger partial charge on any atom is 0.0773 e. The van der Waals surface area contributed by atoms with Gasteiger partial charge in [0.15, 0.2) is 0 Å². The number of rotatable bonds is 3. The van der Waals surface area contributed by atoms with E-state index < -0.39 is 0 Å². The summed E-state index contributed by atoms with van der Waals surface area (Å²) in [5, 5.41) is 0. The van der Waals surface area contributed by atoms with Crippen LogP contribution in [0.3, 0.4) is 0 Å². The summed E-state index contributed by atoms with van der Waals surface area (Å²) in [5.74, 6) is 2.37. The lowest BCUT2D eigenvalue weighted by Gasteiger charge is -2.28. The molecule has 2 rings (SSSR count). The zero-order valence-electron chi connectivity index (χ0n) is 9.51. The van der Waals surface area contributed by atoms with Crippen molar-refractivity contribution < 1.29 is 4.74 Å². The fourth-order valence-corrected chi connectivity index (χ4v) is 3.65. The largest absolute Gasteiger partial charge is 0.373 e. The SMILES string of the molecule is CC1CCC2C(C)(C)C2(OCC[S])C1. The van der Waals surface area contributed by atoms with Crippen LogP contribution in [-0.4, -0.2) is 18.0 Å². The van der Waals surface area contributed by atoms with Gasteiger partial charge in [0, 0.05) is 5.75 Å². The van der Waals surface area contributed by atoms with Crippen molar-refractivity contribution in [1.82, 2.24) is 0 Å². The van der Waals surface area contributed by atoms with Gasteiger partial charge in [-0.25, -0.2) is 0 Å². The average Bonchev–Trinajstić information content (AvgIpc) is 2.60. The second-order valence-corrected chi connectivity index (χ2v) is 6.01. The van der Waals surface area contributed by atoms with Crippen molar-refractivity contribution in [2.45, 2.75) is 45.6 Å². The molecule has 0 amide bonds. The van der Waals surface area contributed by atoms with E-state index in [1.165, 1.54) is 19.3 Å². The van der Waals surface area contributed by atoms with Gasteiger partial charge in [0.2, 0.25) is 0 Å². The molecule has 1 radical (unpaired) electrons. The molecule has 0 aliphatic heterocycles. The monoisotopic (exact) mass is 213 g/mol. The van der Waals surface area contributed by atoms with Gasteiger partial charge in [-0.2, -0.15) is 0 Å². The number of ether oxygens (including phenoxy) is 1. The molecule has 2 aliphatic carbocycles. The summed E-state index contributed by atoms with van der Waals surface area (Å²) in [6, 6.07) is 0. The Labute approximate surface area is 93.0 Å². The lowest BCUT2D eigenvalue weighted by molar-refractivity contribution is -0.0169. The fourth-order valence-electron chi connectivity index (χ4n) is 3.56. The highest BCUT2D eigenvalue weighted by Crippen LogP contribution is 2.70. The third-order valence-electron chi connectivity index (χ3n) is 4.48. The molecule has 2 saturated carbocycles. The van der Waals surface area contributed by atoms with Crippen molar-refractivity contribution in [2.75, 3.05) is 12.4 Å². The Hall–Kier alpha value is 0.310. The summed E-state index contributed by atoms with van der Waals surface area (Å²) in [6.45, 7) is 7.84. The predicted octanol–water partition coefficient (Wildman–Crippen LogP) is 3.42. The third kappa shape index (κ3) is 1.34. The number of fused-ring (bicyclic) bond motifs is 1. The summed E-state index contributed by atoms with van der Waals surface area (Å²) in [5.41, 5.74) is 0.603. The van der Waals surface area contributed by atoms with Crippen LogP contribution >= 0.6 is 12.6 Å². The van der Waals surface area contributed by atoms with E-state index in [9.17, 15) is 0 Å². The molecule has 0 aromatic carbocycles. The van der Waals surface area contributed by atoms with E-state index in [0.29, 0.717) is 5.41 Å². The lowest BCUT2D eigenvalue weighted by atomic mass is 9.88. The molecule has 0 N–H and O–H groups in total. The van der Waals surface area contributed by atoms with Crippen LogP contribution < -0.4 is 0 Å². The van der Waals surface area contributed by atoms with Crippen LogP contribution in [0, 0.1) is 17.3 Å². The van der Waals surface area contributed by atoms with Gasteiger partial charge >= 0.3 is 0 Å². The van der Waals surface area contributed by atoms with Crippen molar-refractivity contribution >= 4 is 12.6 Å². The molecule has 3 atom stereocenters. The zero-order valence-corrected chi connectivity index (χ0v) is 10.3. The molecule has 0 saturated heterocycles. The Kier molecular flexibility index (Phi) is 2.64. The molecule has 3 unspecified atom stereocenters. The van der Waals surface area contributed by atoms with Gasteiger partial charge in [0.1, 0.15) is 0 Å². The van der Waals surface area contributed by atoms with Crippen molar-refractivity contribution in [3.63, 3.8) is 0 Å². The third-order valence-corrected chi connectivity index (χ3v) is 4.65. The molecule has 14 heavy (non-hydrogen) atoms. The minimum Gasteiger partial charge on any atom is -0.373 e. The van der Waals surface area contributed by atoms with E-state index in [1.807, 2.05) is 0 Å². The van der Waals surface area contributed by atoms with E-state index in [4.69, 9.17) is 17.4 Å². The van der Waals surface area contributed by atoms with Crippen LogP contribution in [-0.2, 0) is 4.74 Å². The second kappa shape index (κ2) is 3.41. The summed E-state index contributed by atoms with van der Waals surface area (Å²) < 4.78 is 6.08. The van der Waals surface area contributed by atoms with Crippen LogP contribution in [0.15, 0.2) is 0 Å². The summed E-state index contributed by atoms with van der Waals surface area (Å²) in [6.07, 6.45) is 3.98. The van der Waals surface area contributed by atoms with E-state index in [-0.39, 0.29) is 5.60 Å². The van der Waals surface area contributed by atoms with Crippen LogP contribution in [0.25, 0.3) is 0 Å². The Morgan fingerprint density at radius 3 is 2.71 bits per heavy atom. The Morgan fingerprint density at radius 2 is 2.07 bits per heavy atom. The Bertz CT molecular complexity index is 226. The molecule has 2 heteroatoms. The topological polar surface area (TPSA) is 9.23 Å². The quantitative estimate of drug-likeness (QED) is 0.698. The fraction of sp³-hybridized carbons (Fsp3) is 1.00. The van der Waals surface area contributed by atoms with Crippen molar-refractivity contribution in [2.24, 2.45) is 17.3 Å². The van der Waals surface area contributed by atoms with Gasteiger partial charge < -0.3 is 4.74 Å². The minimum atomic E-state index is 0.198. The standard InChI is InChI=1S/C12H21OS/c1-9-4-5-10-11(2,3)12(10,8-9)13-6-7-14/h9-10H,4-8H2,1-3H3. The highest BCUT2D eigenvalue weighted by atomic mass is 32.1. The van der Waals surface area contributed by atoms with Crippen LogP contribution in [0.1, 0.15) is 40.0 Å². The predicted molar refractivity (Wildman–Crippen MR) is 61.4 cm³/mol. The smallest absolute Gasteiger partial charge is 0.0773 e. The summed E-state index contributed by atoms with van der Waals surface area (Å²) >= 11 is 4.97. The van der Waals surface area contributed by atoms with E-state index in [1.54, 1.807) is 0 Å². The van der Waals surface area contributed by atoms with E-state index in [0.717, 1.165) is 24.2 Å². The highest BCUT2D eigenvalue weighted by Gasteiger charge is 2.72. The van der Waals surface area contributed by atoms with Crippen LogP contribution in [0.2, 0.25) is 0 Å². The molecule has 0 spiro atoms. The molecule has 1 nitrogen and oxygen atoms in total. The molecule has 0 heterocycles. The second-order valence-electron chi connectivity index (χ2n) is 5.60. The molecule has 2 fully saturated rings. The van der Waals surface area contributed by atoms with Crippen molar-refractivity contribution in [1.29, 1.82) is 0 Å². The molecular weight excluding hydrogens is 192 g/mol. The van der Waals surface area contributed by atoms with Crippen LogP contribution in [0.5, 0.6) is 0 Å². The summed E-state index contributed by atoms with van der Waals surface area (Å²) in [4.78, 5) is 0. The highest BCUT2D eigenvalue weighted by molar-refractivity contribution is 7.80. The van der Waals surface area contributed by atoms with Gasteiger partial charge in [-0.1, -0.05) is 39.8 Å². The van der Waals surface area contributed by atoms with Gasteiger partial charge in [-0.3, -0.25) is 0 Å². The molecule has 81 valence electrons. The van der Waals surface area contributed by atoms with Gasteiger partial charge in [0.25, 0.3) is 0 Å². The Balaban J connectivity index is 2.07. The zero-order chi connectivity index (χ0) is 10.4. The molecule has 0 aromatic rings.